The maximum Gasteiger partial charge on any atom is 0.203 e. The number of ether oxygens (including phenoxy) is 3. The molecule has 1 aromatic rings. The Morgan fingerprint density at radius 2 is 1.82 bits per heavy atom. The molecule has 1 saturated heterocycles. The van der Waals surface area contributed by atoms with Crippen LogP contribution in [0, 0.1) is 0 Å². The van der Waals surface area contributed by atoms with Crippen molar-refractivity contribution < 1.29 is 14.2 Å². The second kappa shape index (κ2) is 9.08. The van der Waals surface area contributed by atoms with Crippen LogP contribution in [-0.2, 0) is 6.54 Å². The van der Waals surface area contributed by atoms with Gasteiger partial charge in [0.25, 0.3) is 0 Å². The zero-order chi connectivity index (χ0) is 15.2. The first-order valence-electron chi connectivity index (χ1n) is 7.47. The molecule has 0 spiro atoms. The molecule has 0 aliphatic carbocycles. The van der Waals surface area contributed by atoms with Crippen LogP contribution in [0.3, 0.4) is 0 Å². The molecule has 1 atom stereocenters. The van der Waals surface area contributed by atoms with E-state index in [0.29, 0.717) is 24.1 Å². The van der Waals surface area contributed by atoms with Gasteiger partial charge in [-0.05, 0) is 25.5 Å². The summed E-state index contributed by atoms with van der Waals surface area (Å²) < 4.78 is 16.3. The third-order valence-electron chi connectivity index (χ3n) is 4.18. The molecule has 6 heteroatoms. The highest BCUT2D eigenvalue weighted by atomic mass is 35.5. The van der Waals surface area contributed by atoms with Crippen molar-refractivity contribution in [3.05, 3.63) is 17.7 Å². The van der Waals surface area contributed by atoms with Crippen molar-refractivity contribution in [2.45, 2.75) is 31.8 Å². The van der Waals surface area contributed by atoms with E-state index < -0.39 is 0 Å². The molecule has 0 saturated carbocycles. The van der Waals surface area contributed by atoms with E-state index in [9.17, 15) is 0 Å². The number of nitrogens with zero attached hydrogens (tertiary/aromatic N) is 1. The van der Waals surface area contributed by atoms with E-state index in [4.69, 9.17) is 19.9 Å². The van der Waals surface area contributed by atoms with Crippen molar-refractivity contribution in [1.82, 2.24) is 4.90 Å². The molecule has 0 bridgehead atoms. The minimum atomic E-state index is 0. The fourth-order valence-corrected chi connectivity index (χ4v) is 3.04. The zero-order valence-electron chi connectivity index (χ0n) is 13.6. The summed E-state index contributed by atoms with van der Waals surface area (Å²) in [5.74, 6) is 2.09. The van der Waals surface area contributed by atoms with Gasteiger partial charge in [-0.1, -0.05) is 12.5 Å². The van der Waals surface area contributed by atoms with Crippen LogP contribution in [0.25, 0.3) is 0 Å². The molecule has 22 heavy (non-hydrogen) atoms. The van der Waals surface area contributed by atoms with Crippen molar-refractivity contribution >= 4 is 12.4 Å². The topological polar surface area (TPSA) is 57.0 Å². The van der Waals surface area contributed by atoms with Crippen LogP contribution in [0.15, 0.2) is 12.1 Å². The lowest BCUT2D eigenvalue weighted by Gasteiger charge is -2.35. The maximum absolute atomic E-state index is 5.90. The summed E-state index contributed by atoms with van der Waals surface area (Å²) in [5, 5.41) is 0. The van der Waals surface area contributed by atoms with E-state index in [-0.39, 0.29) is 12.4 Å². The number of hydrogen-bond acceptors (Lipinski definition) is 5. The van der Waals surface area contributed by atoms with Gasteiger partial charge < -0.3 is 19.9 Å². The molecule has 1 heterocycles. The molecule has 0 amide bonds. The Labute approximate surface area is 139 Å². The van der Waals surface area contributed by atoms with Gasteiger partial charge in [-0.25, -0.2) is 0 Å². The van der Waals surface area contributed by atoms with E-state index in [2.05, 4.69) is 4.90 Å². The second-order valence-corrected chi connectivity index (χ2v) is 5.35. The number of likely N-dealkylation sites (tertiary alicyclic amines) is 1. The maximum atomic E-state index is 5.90. The van der Waals surface area contributed by atoms with Crippen molar-refractivity contribution in [2.75, 3.05) is 34.4 Å². The lowest BCUT2D eigenvalue weighted by atomic mass is 10.0. The van der Waals surface area contributed by atoms with Gasteiger partial charge in [-0.3, -0.25) is 4.90 Å². The number of halogens is 1. The molecule has 126 valence electrons. The summed E-state index contributed by atoms with van der Waals surface area (Å²) in [6.45, 7) is 2.61. The van der Waals surface area contributed by atoms with Gasteiger partial charge in [-0.2, -0.15) is 0 Å². The monoisotopic (exact) mass is 330 g/mol. The second-order valence-electron chi connectivity index (χ2n) is 5.35. The Bertz CT molecular complexity index is 471. The Morgan fingerprint density at radius 3 is 2.41 bits per heavy atom. The first-order chi connectivity index (χ1) is 10.2. The van der Waals surface area contributed by atoms with Crippen LogP contribution in [0.4, 0.5) is 0 Å². The van der Waals surface area contributed by atoms with E-state index in [1.807, 2.05) is 12.1 Å². The Hall–Kier alpha value is -1.17. The average Bonchev–Trinajstić information content (AvgIpc) is 2.54. The van der Waals surface area contributed by atoms with Gasteiger partial charge in [0, 0.05) is 24.7 Å². The van der Waals surface area contributed by atoms with Crippen molar-refractivity contribution in [2.24, 2.45) is 5.73 Å². The average molecular weight is 331 g/mol. The van der Waals surface area contributed by atoms with Gasteiger partial charge >= 0.3 is 0 Å². The number of benzene rings is 1. The predicted octanol–water partition coefficient (Wildman–Crippen LogP) is 2.45. The zero-order valence-corrected chi connectivity index (χ0v) is 14.4. The van der Waals surface area contributed by atoms with Crippen molar-refractivity contribution in [1.29, 1.82) is 0 Å². The quantitative estimate of drug-likeness (QED) is 0.868. The molecule has 1 aliphatic heterocycles. The molecule has 2 N–H and O–H groups in total. The lowest BCUT2D eigenvalue weighted by Crippen LogP contribution is -2.43. The first-order valence-corrected chi connectivity index (χ1v) is 7.47. The number of nitrogens with two attached hydrogens (primary N) is 1. The Morgan fingerprint density at radius 1 is 1.09 bits per heavy atom. The first kappa shape index (κ1) is 18.9. The smallest absolute Gasteiger partial charge is 0.203 e. The minimum Gasteiger partial charge on any atom is -0.493 e. The lowest BCUT2D eigenvalue weighted by molar-refractivity contribution is 0.143. The summed E-state index contributed by atoms with van der Waals surface area (Å²) in [5.41, 5.74) is 7.01. The van der Waals surface area contributed by atoms with E-state index in [0.717, 1.165) is 24.4 Å². The van der Waals surface area contributed by atoms with Gasteiger partial charge in [0.15, 0.2) is 11.5 Å². The number of rotatable bonds is 6. The summed E-state index contributed by atoms with van der Waals surface area (Å²) in [6, 6.07) is 4.43. The number of hydrogen-bond donors (Lipinski definition) is 1. The third kappa shape index (κ3) is 3.97. The summed E-state index contributed by atoms with van der Waals surface area (Å²) in [4.78, 5) is 2.44. The third-order valence-corrected chi connectivity index (χ3v) is 4.18. The van der Waals surface area contributed by atoms with Crippen LogP contribution in [0.1, 0.15) is 24.8 Å². The molecule has 1 unspecified atom stereocenters. The highest BCUT2D eigenvalue weighted by Gasteiger charge is 2.24. The normalized spacial score (nSPS) is 18.5. The van der Waals surface area contributed by atoms with Crippen LogP contribution in [0.2, 0.25) is 0 Å². The molecule has 5 nitrogen and oxygen atoms in total. The van der Waals surface area contributed by atoms with Gasteiger partial charge in [0.1, 0.15) is 0 Å². The highest BCUT2D eigenvalue weighted by molar-refractivity contribution is 5.85. The molecule has 2 rings (SSSR count). The standard InChI is InChI=1S/C16H26N2O3.ClH/c1-19-14-8-7-12(15(20-2)16(14)21-3)11-18-9-5-4-6-13(18)10-17;/h7-8,13H,4-6,9-11,17H2,1-3H3;1H. The molecule has 0 radical (unpaired) electrons. The molecule has 1 aliphatic rings. The van der Waals surface area contributed by atoms with Gasteiger partial charge in [-0.15, -0.1) is 12.4 Å². The van der Waals surface area contributed by atoms with Crippen LogP contribution in [-0.4, -0.2) is 45.4 Å². The largest absolute Gasteiger partial charge is 0.493 e. The fourth-order valence-electron chi connectivity index (χ4n) is 3.04. The number of piperidine rings is 1. The molecule has 0 aromatic heterocycles. The van der Waals surface area contributed by atoms with Gasteiger partial charge in [0.2, 0.25) is 5.75 Å². The molecule has 1 fully saturated rings. The summed E-state index contributed by atoms with van der Waals surface area (Å²) in [7, 11) is 4.93. The van der Waals surface area contributed by atoms with Crippen LogP contribution < -0.4 is 19.9 Å². The fraction of sp³-hybridized carbons (Fsp3) is 0.625. The Balaban J connectivity index is 0.00000242. The van der Waals surface area contributed by atoms with E-state index in [1.54, 1.807) is 21.3 Å². The Kier molecular flexibility index (Phi) is 7.79. The van der Waals surface area contributed by atoms with Gasteiger partial charge in [0.05, 0.1) is 21.3 Å². The van der Waals surface area contributed by atoms with Crippen LogP contribution >= 0.6 is 12.4 Å². The van der Waals surface area contributed by atoms with E-state index in [1.165, 1.54) is 19.3 Å². The summed E-state index contributed by atoms with van der Waals surface area (Å²) >= 11 is 0. The summed E-state index contributed by atoms with van der Waals surface area (Å²) in [6.07, 6.45) is 3.67. The van der Waals surface area contributed by atoms with Crippen molar-refractivity contribution in [3.63, 3.8) is 0 Å². The highest BCUT2D eigenvalue weighted by Crippen LogP contribution is 2.40. The van der Waals surface area contributed by atoms with E-state index >= 15 is 0 Å². The molecule has 1 aromatic carbocycles. The predicted molar refractivity (Wildman–Crippen MR) is 90.4 cm³/mol. The molecular formula is C16H27ClN2O3. The van der Waals surface area contributed by atoms with Crippen molar-refractivity contribution in [3.8, 4) is 17.2 Å². The number of methoxy groups -OCH3 is 3. The van der Waals surface area contributed by atoms with Crippen LogP contribution in [0.5, 0.6) is 17.2 Å². The SMILES string of the molecule is COc1ccc(CN2CCCCC2CN)c(OC)c1OC.Cl. The molecular weight excluding hydrogens is 304 g/mol. The minimum absolute atomic E-state index is 0.